The normalized spacial score (nSPS) is 19.1. The van der Waals surface area contributed by atoms with Gasteiger partial charge >= 0.3 is 6.18 Å². The number of piperazine rings is 1. The second-order valence-electron chi connectivity index (χ2n) is 4.49. The third-order valence-corrected chi connectivity index (χ3v) is 4.33. The van der Waals surface area contributed by atoms with Gasteiger partial charge in [-0.05, 0) is 12.1 Å². The van der Waals surface area contributed by atoms with Gasteiger partial charge in [0.25, 0.3) is 0 Å². The molecule has 1 N–H and O–H groups in total. The fourth-order valence-corrected chi connectivity index (χ4v) is 3.03. The van der Waals surface area contributed by atoms with E-state index < -0.39 is 12.2 Å². The van der Waals surface area contributed by atoms with E-state index in [9.17, 15) is 13.2 Å². The zero-order chi connectivity index (χ0) is 14.9. The molecular weight excluding hydrogens is 335 g/mol. The first-order valence-electron chi connectivity index (χ1n) is 5.97. The van der Waals surface area contributed by atoms with Gasteiger partial charge in [-0.2, -0.15) is 13.2 Å². The minimum absolute atomic E-state index is 0.0275. The highest BCUT2D eigenvalue weighted by molar-refractivity contribution is 6.44. The standard InChI is InChI=1S/C12H12Cl3F3N2/c13-7-1-2-8(14)10(15)9(7)11(12(16,17)18)20-5-3-19-4-6-20/h1-2,11,19H,3-6H2/t11-/m1/s1. The van der Waals surface area contributed by atoms with Crippen molar-refractivity contribution < 1.29 is 13.2 Å². The predicted octanol–water partition coefficient (Wildman–Crippen LogP) is 4.16. The quantitative estimate of drug-likeness (QED) is 0.808. The summed E-state index contributed by atoms with van der Waals surface area (Å²) in [6.07, 6.45) is -4.48. The van der Waals surface area contributed by atoms with Gasteiger partial charge in [0.2, 0.25) is 0 Å². The van der Waals surface area contributed by atoms with Gasteiger partial charge < -0.3 is 5.32 Å². The molecule has 1 aromatic carbocycles. The molecule has 0 aliphatic carbocycles. The molecule has 0 unspecified atom stereocenters. The molecule has 20 heavy (non-hydrogen) atoms. The minimum Gasteiger partial charge on any atom is -0.314 e. The highest BCUT2D eigenvalue weighted by atomic mass is 35.5. The zero-order valence-electron chi connectivity index (χ0n) is 10.3. The Labute approximate surface area is 129 Å². The second kappa shape index (κ2) is 6.28. The molecule has 1 aliphatic heterocycles. The highest BCUT2D eigenvalue weighted by Gasteiger charge is 2.47. The molecule has 2 nitrogen and oxygen atoms in total. The molecule has 1 saturated heterocycles. The Morgan fingerprint density at radius 1 is 1.05 bits per heavy atom. The average molecular weight is 348 g/mol. The van der Waals surface area contributed by atoms with E-state index in [2.05, 4.69) is 5.32 Å². The molecule has 0 bridgehead atoms. The summed E-state index contributed by atoms with van der Waals surface area (Å²) in [5.41, 5.74) is -0.171. The Hall–Kier alpha value is -0.200. The summed E-state index contributed by atoms with van der Waals surface area (Å²) in [5.74, 6) is 0. The number of nitrogens with zero attached hydrogens (tertiary/aromatic N) is 1. The van der Waals surface area contributed by atoms with Crippen molar-refractivity contribution in [2.75, 3.05) is 26.2 Å². The first-order valence-corrected chi connectivity index (χ1v) is 7.10. The van der Waals surface area contributed by atoms with Crippen molar-refractivity contribution in [3.05, 3.63) is 32.8 Å². The van der Waals surface area contributed by atoms with Crippen LogP contribution in [0.25, 0.3) is 0 Å². The van der Waals surface area contributed by atoms with Crippen LogP contribution in [0.15, 0.2) is 12.1 Å². The monoisotopic (exact) mass is 346 g/mol. The van der Waals surface area contributed by atoms with Gasteiger partial charge in [0.05, 0.1) is 10.0 Å². The van der Waals surface area contributed by atoms with Crippen LogP contribution in [0.5, 0.6) is 0 Å². The van der Waals surface area contributed by atoms with Crippen molar-refractivity contribution in [1.82, 2.24) is 10.2 Å². The number of hydrogen-bond donors (Lipinski definition) is 1. The first-order chi connectivity index (χ1) is 9.32. The smallest absolute Gasteiger partial charge is 0.314 e. The third kappa shape index (κ3) is 3.34. The van der Waals surface area contributed by atoms with E-state index in [0.717, 1.165) is 0 Å². The van der Waals surface area contributed by atoms with E-state index in [1.54, 1.807) is 0 Å². The number of benzene rings is 1. The van der Waals surface area contributed by atoms with E-state index in [1.165, 1.54) is 17.0 Å². The fourth-order valence-electron chi connectivity index (χ4n) is 2.29. The highest BCUT2D eigenvalue weighted by Crippen LogP contribution is 2.45. The maximum atomic E-state index is 13.5. The van der Waals surface area contributed by atoms with Crippen molar-refractivity contribution in [3.8, 4) is 0 Å². The Balaban J connectivity index is 2.49. The molecule has 1 aliphatic rings. The van der Waals surface area contributed by atoms with Crippen LogP contribution in [0.3, 0.4) is 0 Å². The summed E-state index contributed by atoms with van der Waals surface area (Å²) in [6, 6.07) is 0.885. The van der Waals surface area contributed by atoms with Crippen molar-refractivity contribution in [2.45, 2.75) is 12.2 Å². The number of rotatable bonds is 2. The summed E-state index contributed by atoms with van der Waals surface area (Å²) in [7, 11) is 0. The van der Waals surface area contributed by atoms with E-state index in [4.69, 9.17) is 34.8 Å². The van der Waals surface area contributed by atoms with Crippen molar-refractivity contribution in [3.63, 3.8) is 0 Å². The Kier molecular flexibility index (Phi) is 5.08. The maximum Gasteiger partial charge on any atom is 0.408 e. The Morgan fingerprint density at radius 2 is 1.60 bits per heavy atom. The Bertz CT molecular complexity index is 488. The lowest BCUT2D eigenvalue weighted by atomic mass is 10.0. The van der Waals surface area contributed by atoms with Crippen molar-refractivity contribution >= 4 is 34.8 Å². The summed E-state index contributed by atoms with van der Waals surface area (Å²) >= 11 is 17.7. The molecule has 8 heteroatoms. The molecule has 0 aromatic heterocycles. The predicted molar refractivity (Wildman–Crippen MR) is 74.7 cm³/mol. The van der Waals surface area contributed by atoms with Gasteiger partial charge in [0, 0.05) is 36.8 Å². The Morgan fingerprint density at radius 3 is 2.15 bits per heavy atom. The van der Waals surface area contributed by atoms with E-state index in [-0.39, 0.29) is 33.7 Å². The second-order valence-corrected chi connectivity index (χ2v) is 5.68. The lowest BCUT2D eigenvalue weighted by Crippen LogP contribution is -2.49. The van der Waals surface area contributed by atoms with Crippen LogP contribution in [-0.2, 0) is 0 Å². The molecule has 1 fully saturated rings. The first kappa shape index (κ1) is 16.2. The van der Waals surface area contributed by atoms with Crippen molar-refractivity contribution in [1.29, 1.82) is 0 Å². The fraction of sp³-hybridized carbons (Fsp3) is 0.500. The minimum atomic E-state index is -4.48. The molecule has 1 aromatic rings. The summed E-state index contributed by atoms with van der Waals surface area (Å²) < 4.78 is 40.4. The van der Waals surface area contributed by atoms with Crippen LogP contribution in [0.1, 0.15) is 11.6 Å². The molecule has 112 valence electrons. The van der Waals surface area contributed by atoms with Gasteiger partial charge in [-0.15, -0.1) is 0 Å². The van der Waals surface area contributed by atoms with Crippen LogP contribution in [0.2, 0.25) is 15.1 Å². The average Bonchev–Trinajstić information content (AvgIpc) is 2.39. The van der Waals surface area contributed by atoms with Crippen LogP contribution in [0, 0.1) is 0 Å². The van der Waals surface area contributed by atoms with Gasteiger partial charge in [0.15, 0.2) is 0 Å². The number of alkyl halides is 3. The molecule has 0 amide bonds. The maximum absolute atomic E-state index is 13.5. The zero-order valence-corrected chi connectivity index (χ0v) is 12.5. The van der Waals surface area contributed by atoms with Gasteiger partial charge in [-0.1, -0.05) is 34.8 Å². The van der Waals surface area contributed by atoms with Crippen molar-refractivity contribution in [2.24, 2.45) is 0 Å². The summed E-state index contributed by atoms with van der Waals surface area (Å²) in [4.78, 5) is 1.32. The van der Waals surface area contributed by atoms with E-state index in [0.29, 0.717) is 13.1 Å². The lowest BCUT2D eigenvalue weighted by Gasteiger charge is -2.37. The molecular formula is C12H12Cl3F3N2. The van der Waals surface area contributed by atoms with Gasteiger partial charge in [0.1, 0.15) is 6.04 Å². The number of hydrogen-bond acceptors (Lipinski definition) is 2. The number of nitrogens with one attached hydrogen (secondary N) is 1. The number of halogens is 6. The van der Waals surface area contributed by atoms with E-state index in [1.807, 2.05) is 0 Å². The summed E-state index contributed by atoms with van der Waals surface area (Å²) in [5, 5.41) is 2.91. The molecule has 1 atom stereocenters. The summed E-state index contributed by atoms with van der Waals surface area (Å²) in [6.45, 7) is 1.51. The molecule has 0 spiro atoms. The van der Waals surface area contributed by atoms with Gasteiger partial charge in [-0.25, -0.2) is 0 Å². The van der Waals surface area contributed by atoms with Crippen LogP contribution in [0.4, 0.5) is 13.2 Å². The van der Waals surface area contributed by atoms with Gasteiger partial charge in [-0.3, -0.25) is 4.90 Å². The lowest BCUT2D eigenvalue weighted by molar-refractivity contribution is -0.187. The molecule has 0 saturated carbocycles. The largest absolute Gasteiger partial charge is 0.408 e. The van der Waals surface area contributed by atoms with Crippen LogP contribution < -0.4 is 5.32 Å². The van der Waals surface area contributed by atoms with E-state index >= 15 is 0 Å². The molecule has 1 heterocycles. The SMILES string of the molecule is FC(F)(F)[C@@H](c1c(Cl)ccc(Cl)c1Cl)N1CCNCC1. The topological polar surface area (TPSA) is 15.3 Å². The van der Waals surface area contributed by atoms with Crippen LogP contribution in [-0.4, -0.2) is 37.3 Å². The third-order valence-electron chi connectivity index (χ3n) is 3.18. The molecule has 0 radical (unpaired) electrons. The molecule has 2 rings (SSSR count). The van der Waals surface area contributed by atoms with Crippen LogP contribution >= 0.6 is 34.8 Å².